The average molecular weight is 224 g/mol. The van der Waals surface area contributed by atoms with Crippen LogP contribution in [0.15, 0.2) is 11.6 Å². The molecule has 2 rings (SSSR count). The molecule has 0 unspecified atom stereocenters. The highest BCUT2D eigenvalue weighted by atomic mass is 16.5. The molecule has 0 aromatic carbocycles. The van der Waals surface area contributed by atoms with Crippen molar-refractivity contribution in [3.05, 3.63) is 11.6 Å². The van der Waals surface area contributed by atoms with Gasteiger partial charge in [-0.15, -0.1) is 0 Å². The molecule has 0 saturated heterocycles. The lowest BCUT2D eigenvalue weighted by Crippen LogP contribution is -2.45. The van der Waals surface area contributed by atoms with E-state index in [1.807, 2.05) is 0 Å². The van der Waals surface area contributed by atoms with Gasteiger partial charge in [0.25, 0.3) is 0 Å². The van der Waals surface area contributed by atoms with Gasteiger partial charge in [-0.2, -0.15) is 0 Å². The van der Waals surface area contributed by atoms with E-state index in [-0.39, 0.29) is 0 Å². The maximum absolute atomic E-state index is 5.34. The minimum absolute atomic E-state index is 0.312. The van der Waals surface area contributed by atoms with E-state index >= 15 is 0 Å². The summed E-state index contributed by atoms with van der Waals surface area (Å²) in [7, 11) is 3.59. The zero-order valence-corrected chi connectivity index (χ0v) is 10.6. The Bertz CT molecular complexity index is 243. The van der Waals surface area contributed by atoms with Crippen LogP contribution in [0.1, 0.15) is 38.5 Å². The Balaban J connectivity index is 1.87. The molecule has 92 valence electrons. The quantitative estimate of drug-likeness (QED) is 0.668. The Labute approximate surface area is 99.0 Å². The summed E-state index contributed by atoms with van der Waals surface area (Å²) >= 11 is 0. The largest absolute Gasteiger partial charge is 0.384 e. The molecule has 0 spiro atoms. The van der Waals surface area contributed by atoms with Gasteiger partial charge in [0.1, 0.15) is 0 Å². The zero-order valence-electron chi connectivity index (χ0n) is 10.6. The SMILES string of the molecule is COCC1(COC)CC(C2=CCCCC2)C1. The average Bonchev–Trinajstić information content (AvgIpc) is 2.27. The van der Waals surface area contributed by atoms with E-state index in [0.717, 1.165) is 19.1 Å². The van der Waals surface area contributed by atoms with E-state index in [9.17, 15) is 0 Å². The van der Waals surface area contributed by atoms with Crippen molar-refractivity contribution in [1.29, 1.82) is 0 Å². The predicted octanol–water partition coefficient (Wildman–Crippen LogP) is 3.18. The normalized spacial score (nSPS) is 25.0. The Morgan fingerprint density at radius 2 is 1.88 bits per heavy atom. The molecule has 2 aliphatic rings. The number of rotatable bonds is 5. The summed E-state index contributed by atoms with van der Waals surface area (Å²) in [5.41, 5.74) is 2.03. The number of methoxy groups -OCH3 is 2. The standard InChI is InChI=1S/C14H24O2/c1-15-10-14(11-16-2)8-13(9-14)12-6-4-3-5-7-12/h6,13H,3-5,7-11H2,1-2H3. The van der Waals surface area contributed by atoms with E-state index in [1.165, 1.54) is 38.5 Å². The van der Waals surface area contributed by atoms with Gasteiger partial charge in [-0.3, -0.25) is 0 Å². The highest BCUT2D eigenvalue weighted by molar-refractivity contribution is 5.16. The summed E-state index contributed by atoms with van der Waals surface area (Å²) in [6, 6.07) is 0. The van der Waals surface area contributed by atoms with Crippen LogP contribution in [0.3, 0.4) is 0 Å². The highest BCUT2D eigenvalue weighted by Gasteiger charge is 2.45. The van der Waals surface area contributed by atoms with Crippen LogP contribution in [-0.4, -0.2) is 27.4 Å². The van der Waals surface area contributed by atoms with Crippen LogP contribution in [0.4, 0.5) is 0 Å². The number of hydrogen-bond acceptors (Lipinski definition) is 2. The van der Waals surface area contributed by atoms with Gasteiger partial charge in [-0.25, -0.2) is 0 Å². The van der Waals surface area contributed by atoms with Gasteiger partial charge < -0.3 is 9.47 Å². The van der Waals surface area contributed by atoms with Crippen LogP contribution < -0.4 is 0 Å². The van der Waals surface area contributed by atoms with Crippen molar-refractivity contribution < 1.29 is 9.47 Å². The molecule has 0 radical (unpaired) electrons. The van der Waals surface area contributed by atoms with Crippen molar-refractivity contribution >= 4 is 0 Å². The Kier molecular flexibility index (Phi) is 4.04. The van der Waals surface area contributed by atoms with Crippen LogP contribution in [0, 0.1) is 11.3 Å². The predicted molar refractivity (Wildman–Crippen MR) is 65.5 cm³/mol. The third-order valence-electron chi connectivity index (χ3n) is 4.11. The molecule has 1 fully saturated rings. The van der Waals surface area contributed by atoms with Crippen molar-refractivity contribution in [2.24, 2.45) is 11.3 Å². The number of hydrogen-bond donors (Lipinski definition) is 0. The van der Waals surface area contributed by atoms with Gasteiger partial charge in [-0.05, 0) is 44.4 Å². The first-order valence-electron chi connectivity index (χ1n) is 6.46. The fraction of sp³-hybridized carbons (Fsp3) is 0.857. The second-order valence-electron chi connectivity index (χ2n) is 5.50. The van der Waals surface area contributed by atoms with Crippen molar-refractivity contribution in [2.45, 2.75) is 38.5 Å². The van der Waals surface area contributed by atoms with Gasteiger partial charge in [0.05, 0.1) is 13.2 Å². The molecule has 2 aliphatic carbocycles. The third kappa shape index (κ3) is 2.49. The fourth-order valence-corrected chi connectivity index (χ4v) is 3.37. The summed E-state index contributed by atoms with van der Waals surface area (Å²) < 4.78 is 10.7. The summed E-state index contributed by atoms with van der Waals surface area (Å²) in [6.45, 7) is 1.70. The van der Waals surface area contributed by atoms with Crippen LogP contribution >= 0.6 is 0 Å². The topological polar surface area (TPSA) is 18.5 Å². The fourth-order valence-electron chi connectivity index (χ4n) is 3.37. The van der Waals surface area contributed by atoms with Crippen LogP contribution in [-0.2, 0) is 9.47 Å². The molecular weight excluding hydrogens is 200 g/mol. The van der Waals surface area contributed by atoms with Gasteiger partial charge in [0.2, 0.25) is 0 Å². The van der Waals surface area contributed by atoms with E-state index in [4.69, 9.17) is 9.47 Å². The van der Waals surface area contributed by atoms with Crippen molar-refractivity contribution in [1.82, 2.24) is 0 Å². The lowest BCUT2D eigenvalue weighted by atomic mass is 9.59. The first-order chi connectivity index (χ1) is 7.79. The first-order valence-corrected chi connectivity index (χ1v) is 6.46. The molecule has 0 N–H and O–H groups in total. The zero-order chi connectivity index (χ0) is 11.4. The molecular formula is C14H24O2. The lowest BCUT2D eigenvalue weighted by molar-refractivity contribution is -0.0645. The molecule has 0 amide bonds. The molecule has 0 aliphatic heterocycles. The molecule has 0 aromatic heterocycles. The van der Waals surface area contributed by atoms with Crippen LogP contribution in [0.5, 0.6) is 0 Å². The monoisotopic (exact) mass is 224 g/mol. The van der Waals surface area contributed by atoms with Crippen molar-refractivity contribution in [3.8, 4) is 0 Å². The van der Waals surface area contributed by atoms with Gasteiger partial charge in [0.15, 0.2) is 0 Å². The second-order valence-corrected chi connectivity index (χ2v) is 5.50. The number of allylic oxidation sites excluding steroid dienone is 2. The molecule has 0 heterocycles. The summed E-state index contributed by atoms with van der Waals surface area (Å²) in [4.78, 5) is 0. The summed E-state index contributed by atoms with van der Waals surface area (Å²) in [5.74, 6) is 0.825. The highest BCUT2D eigenvalue weighted by Crippen LogP contribution is 2.50. The maximum Gasteiger partial charge on any atom is 0.0541 e. The van der Waals surface area contributed by atoms with Crippen molar-refractivity contribution in [2.75, 3.05) is 27.4 Å². The second kappa shape index (κ2) is 5.33. The lowest BCUT2D eigenvalue weighted by Gasteiger charge is -2.48. The van der Waals surface area contributed by atoms with Crippen LogP contribution in [0.2, 0.25) is 0 Å². The molecule has 0 aromatic rings. The van der Waals surface area contributed by atoms with E-state index in [2.05, 4.69) is 6.08 Å². The molecule has 0 atom stereocenters. The van der Waals surface area contributed by atoms with Crippen molar-refractivity contribution in [3.63, 3.8) is 0 Å². The first kappa shape index (κ1) is 12.1. The third-order valence-corrected chi connectivity index (χ3v) is 4.11. The molecule has 1 saturated carbocycles. The smallest absolute Gasteiger partial charge is 0.0541 e. The van der Waals surface area contributed by atoms with Gasteiger partial charge in [0, 0.05) is 19.6 Å². The van der Waals surface area contributed by atoms with E-state index < -0.39 is 0 Å². The van der Waals surface area contributed by atoms with Crippen LogP contribution in [0.25, 0.3) is 0 Å². The van der Waals surface area contributed by atoms with Gasteiger partial charge >= 0.3 is 0 Å². The Hall–Kier alpha value is -0.340. The van der Waals surface area contributed by atoms with E-state index in [1.54, 1.807) is 19.8 Å². The Morgan fingerprint density at radius 3 is 2.38 bits per heavy atom. The minimum Gasteiger partial charge on any atom is -0.384 e. The minimum atomic E-state index is 0.312. The maximum atomic E-state index is 5.34. The number of ether oxygens (including phenoxy) is 2. The summed E-state index contributed by atoms with van der Waals surface area (Å²) in [5, 5.41) is 0. The van der Waals surface area contributed by atoms with E-state index in [0.29, 0.717) is 5.41 Å². The summed E-state index contributed by atoms with van der Waals surface area (Å²) in [6.07, 6.45) is 10.4. The van der Waals surface area contributed by atoms with Gasteiger partial charge in [-0.1, -0.05) is 11.6 Å². The molecule has 2 nitrogen and oxygen atoms in total. The molecule has 0 bridgehead atoms. The molecule has 16 heavy (non-hydrogen) atoms. The Morgan fingerprint density at radius 1 is 1.19 bits per heavy atom. The molecule has 2 heteroatoms.